The molecule has 2 aromatic rings. The summed E-state index contributed by atoms with van der Waals surface area (Å²) in [5.74, 6) is 0.489. The van der Waals surface area contributed by atoms with Crippen LogP contribution in [0.15, 0.2) is 22.4 Å². The summed E-state index contributed by atoms with van der Waals surface area (Å²) in [6.07, 6.45) is 0. The highest BCUT2D eigenvalue weighted by atomic mass is 32.2. The summed E-state index contributed by atoms with van der Waals surface area (Å²) in [5, 5.41) is 4.51. The molecule has 0 saturated carbocycles. The maximum absolute atomic E-state index is 12.4. The van der Waals surface area contributed by atoms with E-state index in [4.69, 9.17) is 0 Å². The summed E-state index contributed by atoms with van der Waals surface area (Å²) in [7, 11) is 1.14. The maximum atomic E-state index is 12.4. The minimum atomic E-state index is -3.82. The number of hydrogen-bond acceptors (Lipinski definition) is 9. The van der Waals surface area contributed by atoms with Gasteiger partial charge in [-0.1, -0.05) is 0 Å². The van der Waals surface area contributed by atoms with E-state index in [2.05, 4.69) is 24.7 Å². The van der Waals surface area contributed by atoms with Crippen LogP contribution < -0.4 is 14.9 Å². The van der Waals surface area contributed by atoms with Crippen molar-refractivity contribution in [1.29, 1.82) is 0 Å². The molecule has 9 nitrogen and oxygen atoms in total. The van der Waals surface area contributed by atoms with Gasteiger partial charge in [0.15, 0.2) is 0 Å². The number of esters is 1. The quantitative estimate of drug-likeness (QED) is 0.501. The minimum Gasteiger partial charge on any atom is -0.465 e. The lowest BCUT2D eigenvalue weighted by Crippen LogP contribution is -2.30. The van der Waals surface area contributed by atoms with Crippen LogP contribution in [0.25, 0.3) is 0 Å². The van der Waals surface area contributed by atoms with Crippen LogP contribution in [0.3, 0.4) is 0 Å². The molecule has 0 aliphatic heterocycles. The van der Waals surface area contributed by atoms with E-state index in [1.165, 1.54) is 18.6 Å². The number of carbonyl (C=O) groups is 1. The van der Waals surface area contributed by atoms with E-state index in [0.717, 1.165) is 22.8 Å². The van der Waals surface area contributed by atoms with Gasteiger partial charge in [0.2, 0.25) is 16.0 Å². The summed E-state index contributed by atoms with van der Waals surface area (Å²) in [5.41, 5.74) is 0.799. The van der Waals surface area contributed by atoms with Gasteiger partial charge in [-0.25, -0.2) is 22.9 Å². The molecule has 0 unspecified atom stereocenters. The van der Waals surface area contributed by atoms with Crippen LogP contribution in [0.5, 0.6) is 0 Å². The summed E-state index contributed by atoms with van der Waals surface area (Å²) in [4.78, 5) is 22.0. The van der Waals surface area contributed by atoms with Gasteiger partial charge in [0.25, 0.3) is 0 Å². The fourth-order valence-corrected chi connectivity index (χ4v) is 4.41. The lowest BCUT2D eigenvalue weighted by molar-refractivity contribution is 0.0602. The number of sulfonamides is 1. The molecule has 142 valence electrons. The molecule has 0 fully saturated rings. The highest BCUT2D eigenvalue weighted by molar-refractivity contribution is 7.89. The van der Waals surface area contributed by atoms with Crippen molar-refractivity contribution in [2.24, 2.45) is 0 Å². The van der Waals surface area contributed by atoms with Crippen LogP contribution in [0.2, 0.25) is 0 Å². The third kappa shape index (κ3) is 4.90. The van der Waals surface area contributed by atoms with Gasteiger partial charge in [-0.15, -0.1) is 11.3 Å². The van der Waals surface area contributed by atoms with Crippen LogP contribution in [0.4, 0.5) is 11.8 Å². The van der Waals surface area contributed by atoms with Crippen molar-refractivity contribution < 1.29 is 17.9 Å². The van der Waals surface area contributed by atoms with Crippen LogP contribution in [0, 0.1) is 6.92 Å². The fraction of sp³-hybridized carbons (Fsp3) is 0.400. The molecule has 0 amide bonds. The smallest absolute Gasteiger partial charge is 0.349 e. The van der Waals surface area contributed by atoms with Gasteiger partial charge in [-0.05, 0) is 18.4 Å². The van der Waals surface area contributed by atoms with Gasteiger partial charge in [0, 0.05) is 38.9 Å². The molecule has 2 rings (SSSR count). The topological polar surface area (TPSA) is 114 Å². The fourth-order valence-electron chi connectivity index (χ4n) is 2.05. The Hall–Kier alpha value is -2.24. The van der Waals surface area contributed by atoms with Gasteiger partial charge >= 0.3 is 5.97 Å². The molecule has 0 spiro atoms. The maximum Gasteiger partial charge on any atom is 0.349 e. The first-order valence-corrected chi connectivity index (χ1v) is 10.0. The van der Waals surface area contributed by atoms with Crippen molar-refractivity contribution in [3.63, 3.8) is 0 Å². The number of nitrogens with one attached hydrogen (secondary N) is 2. The second-order valence-corrected chi connectivity index (χ2v) is 8.17. The predicted octanol–water partition coefficient (Wildman–Crippen LogP) is 1.09. The molecule has 0 saturated heterocycles. The number of nitrogens with zero attached hydrogens (tertiary/aromatic N) is 3. The zero-order valence-corrected chi connectivity index (χ0v) is 16.6. The first kappa shape index (κ1) is 20.1. The van der Waals surface area contributed by atoms with Gasteiger partial charge in [0.05, 0.1) is 7.11 Å². The highest BCUT2D eigenvalue weighted by Gasteiger charge is 2.24. The second kappa shape index (κ2) is 8.43. The van der Waals surface area contributed by atoms with E-state index >= 15 is 0 Å². The van der Waals surface area contributed by atoms with Crippen molar-refractivity contribution in [2.75, 3.05) is 44.5 Å². The van der Waals surface area contributed by atoms with Crippen LogP contribution in [-0.4, -0.2) is 58.6 Å². The zero-order valence-electron chi connectivity index (χ0n) is 14.9. The molecule has 0 aliphatic carbocycles. The van der Waals surface area contributed by atoms with E-state index in [1.807, 2.05) is 32.0 Å². The number of anilines is 2. The molecule has 2 heterocycles. The summed E-state index contributed by atoms with van der Waals surface area (Å²) in [6.45, 7) is 2.24. The van der Waals surface area contributed by atoms with Crippen molar-refractivity contribution in [3.8, 4) is 0 Å². The normalized spacial score (nSPS) is 11.2. The van der Waals surface area contributed by atoms with E-state index in [9.17, 15) is 13.2 Å². The van der Waals surface area contributed by atoms with Crippen molar-refractivity contribution in [2.45, 2.75) is 11.8 Å². The van der Waals surface area contributed by atoms with Gasteiger partial charge in [-0.3, -0.25) is 0 Å². The van der Waals surface area contributed by atoms with Gasteiger partial charge in [-0.2, -0.15) is 4.98 Å². The number of aromatic nitrogens is 2. The Morgan fingerprint density at radius 1 is 1.31 bits per heavy atom. The number of hydrogen-bond donors (Lipinski definition) is 2. The molecular formula is C15H21N5O4S2. The zero-order chi connectivity index (χ0) is 19.3. The first-order valence-electron chi connectivity index (χ1n) is 7.67. The lowest BCUT2D eigenvalue weighted by atomic mass is 10.4. The number of methoxy groups -OCH3 is 1. The van der Waals surface area contributed by atoms with E-state index in [1.54, 1.807) is 0 Å². The second-order valence-electron chi connectivity index (χ2n) is 5.52. The molecule has 0 aromatic carbocycles. The van der Waals surface area contributed by atoms with E-state index < -0.39 is 16.0 Å². The Kier molecular flexibility index (Phi) is 6.51. The standard InChI is InChI=1S/C15H21N5O4S2/c1-10-9-12(20(2)3)19-15(18-10)16-6-7-17-26(22,23)11-5-8-25-13(11)14(21)24-4/h5,8-9,17H,6-7H2,1-4H3,(H,16,18,19). The average molecular weight is 399 g/mol. The minimum absolute atomic E-state index is 0.0469. The Bertz CT molecular complexity index is 880. The molecule has 0 bridgehead atoms. The largest absolute Gasteiger partial charge is 0.465 e. The highest BCUT2D eigenvalue weighted by Crippen LogP contribution is 2.22. The van der Waals surface area contributed by atoms with Crippen molar-refractivity contribution in [1.82, 2.24) is 14.7 Å². The molecule has 0 radical (unpaired) electrons. The number of ether oxygens (including phenoxy) is 1. The Morgan fingerprint density at radius 3 is 2.69 bits per heavy atom. The molecule has 2 aromatic heterocycles. The third-order valence-electron chi connectivity index (χ3n) is 3.29. The molecule has 0 aliphatic rings. The van der Waals surface area contributed by atoms with Crippen LogP contribution in [-0.2, 0) is 14.8 Å². The third-order valence-corrected chi connectivity index (χ3v) is 5.82. The number of thiophene rings is 1. The lowest BCUT2D eigenvalue weighted by Gasteiger charge is -2.14. The Labute approximate surface area is 156 Å². The molecule has 11 heteroatoms. The predicted molar refractivity (Wildman–Crippen MR) is 100 cm³/mol. The van der Waals surface area contributed by atoms with Crippen molar-refractivity contribution >= 4 is 39.1 Å². The van der Waals surface area contributed by atoms with Crippen molar-refractivity contribution in [3.05, 3.63) is 28.1 Å². The number of aryl methyl sites for hydroxylation is 1. The summed E-state index contributed by atoms with van der Waals surface area (Å²) < 4.78 is 31.8. The van der Waals surface area contributed by atoms with E-state index in [-0.39, 0.29) is 22.9 Å². The van der Waals surface area contributed by atoms with E-state index in [0.29, 0.717) is 5.95 Å². The summed E-state index contributed by atoms with van der Waals surface area (Å²) in [6, 6.07) is 3.22. The Balaban J connectivity index is 1.98. The number of carbonyl (C=O) groups excluding carboxylic acids is 1. The van der Waals surface area contributed by atoms with Crippen LogP contribution in [0.1, 0.15) is 15.4 Å². The average Bonchev–Trinajstić information content (AvgIpc) is 3.08. The molecule has 0 atom stereocenters. The molecule has 26 heavy (non-hydrogen) atoms. The molecule has 2 N–H and O–H groups in total. The molecular weight excluding hydrogens is 378 g/mol. The van der Waals surface area contributed by atoms with Crippen LogP contribution >= 0.6 is 11.3 Å². The Morgan fingerprint density at radius 2 is 2.04 bits per heavy atom. The SMILES string of the molecule is COC(=O)c1sccc1S(=O)(=O)NCCNc1nc(C)cc(N(C)C)n1. The number of rotatable bonds is 8. The summed E-state index contributed by atoms with van der Waals surface area (Å²) >= 11 is 1.02. The monoisotopic (exact) mass is 399 g/mol. The first-order chi connectivity index (χ1) is 12.2. The van der Waals surface area contributed by atoms with Gasteiger partial charge < -0.3 is 15.0 Å². The van der Waals surface area contributed by atoms with Gasteiger partial charge in [0.1, 0.15) is 15.6 Å².